The van der Waals surface area contributed by atoms with Gasteiger partial charge in [-0.25, -0.2) is 4.79 Å². The molecule has 0 unspecified atom stereocenters. The van der Waals surface area contributed by atoms with Crippen molar-refractivity contribution in [3.05, 3.63) is 62.3 Å². The minimum atomic E-state index is -4.60. The molecule has 0 atom stereocenters. The summed E-state index contributed by atoms with van der Waals surface area (Å²) in [7, 11) is 0. The van der Waals surface area contributed by atoms with Gasteiger partial charge in [-0.05, 0) is 63.8 Å². The number of ether oxygens (including phenoxy) is 3. The zero-order valence-electron chi connectivity index (χ0n) is 26.1. The van der Waals surface area contributed by atoms with E-state index in [0.717, 1.165) is 23.8 Å². The molecule has 16 heteroatoms. The number of carbonyl (C=O) groups is 2. The highest BCUT2D eigenvalue weighted by Crippen LogP contribution is 2.41. The number of piperidine rings is 1. The number of rotatable bonds is 4. The summed E-state index contributed by atoms with van der Waals surface area (Å²) < 4.78 is 59.6. The van der Waals surface area contributed by atoms with Crippen molar-refractivity contribution < 1.29 is 37.0 Å². The van der Waals surface area contributed by atoms with Crippen LogP contribution >= 0.6 is 11.6 Å². The van der Waals surface area contributed by atoms with Crippen LogP contribution in [-0.2, 0) is 43.7 Å². The second-order valence-corrected chi connectivity index (χ2v) is 13.1. The summed E-state index contributed by atoms with van der Waals surface area (Å²) in [5.74, 6) is -0.148. The molecular formula is C31H34ClF3N6O6. The lowest BCUT2D eigenvalue weighted by Gasteiger charge is -2.44. The first-order valence-corrected chi connectivity index (χ1v) is 15.6. The molecule has 1 N–H and O–H groups in total. The first-order valence-electron chi connectivity index (χ1n) is 15.2. The minimum Gasteiger partial charge on any atom is -0.444 e. The van der Waals surface area contributed by atoms with Crippen LogP contribution in [0.1, 0.15) is 62.7 Å². The molecule has 2 aromatic heterocycles. The van der Waals surface area contributed by atoms with E-state index in [2.05, 4.69) is 15.4 Å². The van der Waals surface area contributed by atoms with E-state index in [0.29, 0.717) is 49.6 Å². The standard InChI is InChI=1S/C31H34ClF3N6O6/c1-29(2,3)47-28(44)39-11-9-30(10-12-39)24-22(8-15-46-30)40(17-23(42)36-21-5-4-19(16-20(21)32)31(33,34)35)27-37-25(38-41(27)26(24)43)18-6-13-45-14-7-18/h4-6,16H,7-15,17H2,1-3H3,(H,36,42). The summed E-state index contributed by atoms with van der Waals surface area (Å²) in [6, 6.07) is 2.67. The third kappa shape index (κ3) is 6.61. The van der Waals surface area contributed by atoms with Crippen LogP contribution in [0.3, 0.4) is 0 Å². The molecule has 1 saturated heterocycles. The van der Waals surface area contributed by atoms with Crippen LogP contribution in [0.15, 0.2) is 29.1 Å². The van der Waals surface area contributed by atoms with E-state index >= 15 is 0 Å². The fourth-order valence-electron chi connectivity index (χ4n) is 6.16. The van der Waals surface area contributed by atoms with Crippen molar-refractivity contribution in [1.82, 2.24) is 24.1 Å². The molecule has 1 spiro atoms. The van der Waals surface area contributed by atoms with Gasteiger partial charge < -0.3 is 29.0 Å². The van der Waals surface area contributed by atoms with E-state index < -0.39 is 40.5 Å². The molecule has 3 aromatic rings. The number of benzene rings is 1. The lowest BCUT2D eigenvalue weighted by atomic mass is 9.81. The van der Waals surface area contributed by atoms with Crippen LogP contribution in [0.2, 0.25) is 5.02 Å². The summed E-state index contributed by atoms with van der Waals surface area (Å²) in [5.41, 5.74) is -1.45. The molecule has 3 aliphatic rings. The maximum absolute atomic E-state index is 14.2. The molecule has 6 rings (SSSR count). The van der Waals surface area contributed by atoms with Crippen molar-refractivity contribution >= 4 is 40.6 Å². The van der Waals surface area contributed by atoms with Crippen LogP contribution < -0.4 is 10.9 Å². The number of hydrogen-bond acceptors (Lipinski definition) is 8. The Balaban J connectivity index is 1.38. The first kappa shape index (κ1) is 33.0. The maximum atomic E-state index is 14.2. The molecule has 5 heterocycles. The molecule has 12 nitrogen and oxygen atoms in total. The Morgan fingerprint density at radius 2 is 1.87 bits per heavy atom. The number of nitrogens with zero attached hydrogens (tertiary/aromatic N) is 5. The van der Waals surface area contributed by atoms with Crippen LogP contribution in [-0.4, -0.2) is 74.6 Å². The zero-order chi connectivity index (χ0) is 33.7. The lowest BCUT2D eigenvalue weighted by molar-refractivity contribution is -0.137. The Morgan fingerprint density at radius 3 is 2.51 bits per heavy atom. The van der Waals surface area contributed by atoms with Crippen LogP contribution in [0.25, 0.3) is 11.4 Å². The lowest BCUT2D eigenvalue weighted by Crippen LogP contribution is -2.52. The number of amides is 2. The van der Waals surface area contributed by atoms with Gasteiger partial charge >= 0.3 is 12.3 Å². The number of likely N-dealkylation sites (tertiary alicyclic amines) is 1. The average Bonchev–Trinajstić information content (AvgIpc) is 3.46. The summed E-state index contributed by atoms with van der Waals surface area (Å²) in [5, 5.41) is 6.87. The van der Waals surface area contributed by atoms with E-state index in [1.165, 1.54) is 4.52 Å². The molecule has 47 heavy (non-hydrogen) atoms. The molecular weight excluding hydrogens is 645 g/mol. The number of alkyl halides is 3. The Hall–Kier alpha value is -3.95. The zero-order valence-corrected chi connectivity index (χ0v) is 26.8. The molecule has 0 bridgehead atoms. The number of halogens is 4. The molecule has 1 aromatic carbocycles. The summed E-state index contributed by atoms with van der Waals surface area (Å²) in [6.07, 6.45) is -1.80. The third-order valence-corrected chi connectivity index (χ3v) is 8.68. The van der Waals surface area contributed by atoms with Gasteiger partial charge in [-0.2, -0.15) is 22.7 Å². The van der Waals surface area contributed by atoms with Crippen LogP contribution in [0.5, 0.6) is 0 Å². The van der Waals surface area contributed by atoms with Crippen molar-refractivity contribution in [2.45, 2.75) is 70.4 Å². The average molecular weight is 679 g/mol. The van der Waals surface area contributed by atoms with E-state index in [4.69, 9.17) is 25.8 Å². The Kier molecular flexibility index (Phi) is 8.59. The topological polar surface area (TPSA) is 129 Å². The molecule has 0 radical (unpaired) electrons. The number of fused-ring (bicyclic) bond motifs is 3. The van der Waals surface area contributed by atoms with E-state index in [9.17, 15) is 27.6 Å². The monoisotopic (exact) mass is 678 g/mol. The number of aromatic nitrogens is 4. The normalized spacial score (nSPS) is 18.2. The van der Waals surface area contributed by atoms with E-state index in [-0.39, 0.29) is 49.1 Å². The number of carbonyl (C=O) groups excluding carboxylic acids is 2. The third-order valence-electron chi connectivity index (χ3n) is 8.37. The van der Waals surface area contributed by atoms with Gasteiger partial charge in [0.1, 0.15) is 17.7 Å². The predicted octanol–water partition coefficient (Wildman–Crippen LogP) is 4.80. The molecule has 3 aliphatic heterocycles. The van der Waals surface area contributed by atoms with Gasteiger partial charge in [0.05, 0.1) is 41.7 Å². The van der Waals surface area contributed by atoms with Crippen molar-refractivity contribution in [3.63, 3.8) is 0 Å². The van der Waals surface area contributed by atoms with Gasteiger partial charge in [0, 0.05) is 25.2 Å². The SMILES string of the molecule is CC(C)(C)OC(=O)N1CCC2(CC1)OCCc1c2c(=O)n2nc(C3=CCOCC3)nc2n1CC(=O)Nc1ccc(C(F)(F)F)cc1Cl. The fraction of sp³-hybridized carbons (Fsp3) is 0.516. The number of anilines is 1. The Bertz CT molecular complexity index is 1820. The summed E-state index contributed by atoms with van der Waals surface area (Å²) >= 11 is 6.11. The smallest absolute Gasteiger partial charge is 0.416 e. The summed E-state index contributed by atoms with van der Waals surface area (Å²) in [4.78, 5) is 46.8. The Labute approximate surface area is 272 Å². The molecule has 0 aliphatic carbocycles. The van der Waals surface area contributed by atoms with Crippen molar-refractivity contribution in [1.29, 1.82) is 0 Å². The quantitative estimate of drug-likeness (QED) is 0.417. The van der Waals surface area contributed by atoms with Gasteiger partial charge in [0.2, 0.25) is 11.7 Å². The maximum Gasteiger partial charge on any atom is 0.416 e. The highest BCUT2D eigenvalue weighted by atomic mass is 35.5. The second kappa shape index (κ2) is 12.3. The highest BCUT2D eigenvalue weighted by molar-refractivity contribution is 6.33. The van der Waals surface area contributed by atoms with Crippen molar-refractivity contribution in [2.24, 2.45) is 0 Å². The van der Waals surface area contributed by atoms with Crippen molar-refractivity contribution in [3.8, 4) is 0 Å². The second-order valence-electron chi connectivity index (χ2n) is 12.7. The van der Waals surface area contributed by atoms with Crippen LogP contribution in [0.4, 0.5) is 23.7 Å². The molecule has 252 valence electrons. The van der Waals surface area contributed by atoms with E-state index in [1.54, 1.807) is 30.2 Å². The van der Waals surface area contributed by atoms with Crippen LogP contribution in [0, 0.1) is 0 Å². The molecule has 2 amide bonds. The minimum absolute atomic E-state index is 0.000523. The highest BCUT2D eigenvalue weighted by Gasteiger charge is 2.46. The van der Waals surface area contributed by atoms with Gasteiger partial charge in [0.25, 0.3) is 5.56 Å². The molecule has 1 fully saturated rings. The number of nitrogens with one attached hydrogen (secondary N) is 1. The first-order chi connectivity index (χ1) is 22.1. The largest absolute Gasteiger partial charge is 0.444 e. The Morgan fingerprint density at radius 1 is 1.13 bits per heavy atom. The number of hydrogen-bond donors (Lipinski definition) is 1. The fourth-order valence-corrected chi connectivity index (χ4v) is 6.39. The predicted molar refractivity (Wildman–Crippen MR) is 164 cm³/mol. The van der Waals surface area contributed by atoms with Gasteiger partial charge in [0.15, 0.2) is 5.82 Å². The van der Waals surface area contributed by atoms with Gasteiger partial charge in [-0.15, -0.1) is 5.10 Å². The molecule has 0 saturated carbocycles. The van der Waals surface area contributed by atoms with Crippen molar-refractivity contribution in [2.75, 3.05) is 38.2 Å². The summed E-state index contributed by atoms with van der Waals surface area (Å²) in [6.45, 7) is 6.63. The van der Waals surface area contributed by atoms with E-state index in [1.807, 2.05) is 6.08 Å². The van der Waals surface area contributed by atoms with Gasteiger partial charge in [-0.3, -0.25) is 9.59 Å². The van der Waals surface area contributed by atoms with Gasteiger partial charge in [-0.1, -0.05) is 17.7 Å².